The van der Waals surface area contributed by atoms with E-state index in [2.05, 4.69) is 5.92 Å². The number of terminal acetylenes is 1. The molecule has 0 N–H and O–H groups in total. The Hall–Kier alpha value is -0.430. The summed E-state index contributed by atoms with van der Waals surface area (Å²) in [5.74, 6) is 2.89. The largest absolute Gasteiger partial charge is 0.378 e. The first-order chi connectivity index (χ1) is 12.4. The van der Waals surface area contributed by atoms with Crippen molar-refractivity contribution >= 4 is 11.6 Å². The molecule has 0 amide bonds. The first kappa shape index (κ1) is 24.6. The minimum Gasteiger partial charge on any atom is -0.378 e. The van der Waals surface area contributed by atoms with Gasteiger partial charge in [-0.2, -0.15) is 0 Å². The van der Waals surface area contributed by atoms with E-state index in [9.17, 15) is 0 Å². The first-order valence-electron chi connectivity index (χ1n) is 8.45. The zero-order valence-electron chi connectivity index (χ0n) is 14.9. The second-order valence-corrected chi connectivity index (χ2v) is 5.00. The molecule has 0 aromatic heterocycles. The molecule has 0 heterocycles. The van der Waals surface area contributed by atoms with Crippen LogP contribution in [-0.2, 0) is 33.2 Å². The Labute approximate surface area is 156 Å². The van der Waals surface area contributed by atoms with Gasteiger partial charge in [0, 0.05) is 5.88 Å². The van der Waals surface area contributed by atoms with E-state index in [0.29, 0.717) is 98.4 Å². The molecule has 0 spiro atoms. The smallest absolute Gasteiger partial charge is 0.107 e. The normalized spacial score (nSPS) is 10.9. The molecule has 148 valence electrons. The SMILES string of the molecule is C#CCOCCOCCOCCOCCOCCOCCOCCCl. The van der Waals surface area contributed by atoms with Crippen molar-refractivity contribution < 1.29 is 33.2 Å². The zero-order chi connectivity index (χ0) is 18.3. The van der Waals surface area contributed by atoms with Crippen molar-refractivity contribution in [3.63, 3.8) is 0 Å². The highest BCUT2D eigenvalue weighted by molar-refractivity contribution is 6.17. The number of alkyl halides is 1. The van der Waals surface area contributed by atoms with E-state index in [1.54, 1.807) is 0 Å². The van der Waals surface area contributed by atoms with Crippen LogP contribution in [0.25, 0.3) is 0 Å². The molecule has 0 unspecified atom stereocenters. The van der Waals surface area contributed by atoms with E-state index >= 15 is 0 Å². The van der Waals surface area contributed by atoms with Gasteiger partial charge >= 0.3 is 0 Å². The minimum atomic E-state index is 0.317. The fourth-order valence-corrected chi connectivity index (χ4v) is 1.61. The van der Waals surface area contributed by atoms with Crippen molar-refractivity contribution in [1.29, 1.82) is 0 Å². The summed E-state index contributed by atoms with van der Waals surface area (Å²) in [5.41, 5.74) is 0. The summed E-state index contributed by atoms with van der Waals surface area (Å²) >= 11 is 5.47. The Morgan fingerprint density at radius 3 is 1.04 bits per heavy atom. The zero-order valence-corrected chi connectivity index (χ0v) is 15.7. The molecule has 0 rings (SSSR count). The van der Waals surface area contributed by atoms with E-state index in [-0.39, 0.29) is 0 Å². The van der Waals surface area contributed by atoms with Gasteiger partial charge in [0.1, 0.15) is 6.61 Å². The molecule has 0 radical (unpaired) electrons. The maximum Gasteiger partial charge on any atom is 0.107 e. The van der Waals surface area contributed by atoms with Gasteiger partial charge in [-0.1, -0.05) is 5.92 Å². The van der Waals surface area contributed by atoms with Crippen LogP contribution in [0.5, 0.6) is 0 Å². The Morgan fingerprint density at radius 2 is 0.760 bits per heavy atom. The molecule has 25 heavy (non-hydrogen) atoms. The third-order valence-electron chi connectivity index (χ3n) is 2.64. The second kappa shape index (κ2) is 23.6. The van der Waals surface area contributed by atoms with Crippen LogP contribution < -0.4 is 0 Å². The van der Waals surface area contributed by atoms with Gasteiger partial charge in [-0.25, -0.2) is 0 Å². The summed E-state index contributed by atoms with van der Waals surface area (Å²) < 4.78 is 36.9. The van der Waals surface area contributed by atoms with Crippen LogP contribution in [0.1, 0.15) is 0 Å². The Bertz CT molecular complexity index is 287. The van der Waals surface area contributed by atoms with E-state index in [4.69, 9.17) is 51.2 Å². The molecule has 0 aromatic rings. The number of rotatable bonds is 21. The molecule has 8 heteroatoms. The summed E-state index contributed by atoms with van der Waals surface area (Å²) in [4.78, 5) is 0. The Balaban J connectivity index is 2.95. The maximum absolute atomic E-state index is 5.47. The molecule has 7 nitrogen and oxygen atoms in total. The van der Waals surface area contributed by atoms with E-state index in [1.807, 2.05) is 0 Å². The lowest BCUT2D eigenvalue weighted by Gasteiger charge is -2.08. The van der Waals surface area contributed by atoms with Gasteiger partial charge < -0.3 is 33.2 Å². The van der Waals surface area contributed by atoms with Crippen LogP contribution in [0.3, 0.4) is 0 Å². The standard InChI is InChI=1S/C17H31ClO7/c1-2-4-19-6-8-21-10-12-23-14-16-25-17-15-24-13-11-22-9-7-20-5-3-18/h1H,3-17H2. The summed E-state index contributed by atoms with van der Waals surface area (Å²) in [6.45, 7) is 7.26. The van der Waals surface area contributed by atoms with Gasteiger partial charge in [0.15, 0.2) is 0 Å². The molecular weight excluding hydrogens is 352 g/mol. The van der Waals surface area contributed by atoms with Gasteiger partial charge in [-0.05, 0) is 0 Å². The number of hydrogen-bond acceptors (Lipinski definition) is 7. The van der Waals surface area contributed by atoms with Crippen molar-refractivity contribution in [3.8, 4) is 12.3 Å². The van der Waals surface area contributed by atoms with Crippen molar-refractivity contribution in [2.45, 2.75) is 0 Å². The molecule has 0 bridgehead atoms. The summed E-state index contributed by atoms with van der Waals surface area (Å²) in [6.07, 6.45) is 5.04. The third kappa shape index (κ3) is 23.6. The van der Waals surface area contributed by atoms with Crippen LogP contribution in [0.15, 0.2) is 0 Å². The molecule has 0 aliphatic rings. The van der Waals surface area contributed by atoms with Gasteiger partial charge in [-0.3, -0.25) is 0 Å². The third-order valence-corrected chi connectivity index (χ3v) is 2.79. The molecule has 0 atom stereocenters. The summed E-state index contributed by atoms with van der Waals surface area (Å²) in [5, 5.41) is 0. The highest BCUT2D eigenvalue weighted by Gasteiger charge is 1.94. The van der Waals surface area contributed by atoms with Crippen LogP contribution in [-0.4, -0.2) is 98.4 Å². The maximum atomic E-state index is 5.47. The fraction of sp³-hybridized carbons (Fsp3) is 0.882. The van der Waals surface area contributed by atoms with Crippen LogP contribution >= 0.6 is 11.6 Å². The van der Waals surface area contributed by atoms with Crippen LogP contribution in [0, 0.1) is 12.3 Å². The Morgan fingerprint density at radius 1 is 0.480 bits per heavy atom. The lowest BCUT2D eigenvalue weighted by atomic mass is 10.6. The molecule has 0 fully saturated rings. The van der Waals surface area contributed by atoms with Gasteiger partial charge in [-0.15, -0.1) is 18.0 Å². The molecular formula is C17H31ClO7. The van der Waals surface area contributed by atoms with E-state index < -0.39 is 0 Å². The van der Waals surface area contributed by atoms with Crippen molar-refractivity contribution in [1.82, 2.24) is 0 Å². The average molecular weight is 383 g/mol. The Kier molecular flexibility index (Phi) is 23.2. The molecule has 0 aliphatic heterocycles. The van der Waals surface area contributed by atoms with Gasteiger partial charge in [0.2, 0.25) is 0 Å². The highest BCUT2D eigenvalue weighted by atomic mass is 35.5. The van der Waals surface area contributed by atoms with Gasteiger partial charge in [0.05, 0.1) is 85.9 Å². The predicted molar refractivity (Wildman–Crippen MR) is 95.3 cm³/mol. The fourth-order valence-electron chi connectivity index (χ4n) is 1.51. The molecule has 0 saturated carbocycles. The number of halogens is 1. The van der Waals surface area contributed by atoms with E-state index in [0.717, 1.165) is 0 Å². The van der Waals surface area contributed by atoms with Crippen molar-refractivity contribution in [2.75, 3.05) is 98.4 Å². The molecule has 0 saturated heterocycles. The van der Waals surface area contributed by atoms with Crippen LogP contribution in [0.2, 0.25) is 0 Å². The second-order valence-electron chi connectivity index (χ2n) is 4.62. The lowest BCUT2D eigenvalue weighted by molar-refractivity contribution is -0.0192. The van der Waals surface area contributed by atoms with Gasteiger partial charge in [0.25, 0.3) is 0 Å². The average Bonchev–Trinajstić information content (AvgIpc) is 2.63. The first-order valence-corrected chi connectivity index (χ1v) is 8.99. The number of ether oxygens (including phenoxy) is 7. The monoisotopic (exact) mass is 382 g/mol. The topological polar surface area (TPSA) is 64.6 Å². The molecule has 0 aliphatic carbocycles. The minimum absolute atomic E-state index is 0.317. The van der Waals surface area contributed by atoms with Crippen molar-refractivity contribution in [3.05, 3.63) is 0 Å². The van der Waals surface area contributed by atoms with Crippen LogP contribution in [0.4, 0.5) is 0 Å². The molecule has 0 aromatic carbocycles. The van der Waals surface area contributed by atoms with E-state index in [1.165, 1.54) is 0 Å². The summed E-state index contributed by atoms with van der Waals surface area (Å²) in [7, 11) is 0. The van der Waals surface area contributed by atoms with Crippen molar-refractivity contribution in [2.24, 2.45) is 0 Å². The number of hydrogen-bond donors (Lipinski definition) is 0. The quantitative estimate of drug-likeness (QED) is 0.166. The lowest BCUT2D eigenvalue weighted by Crippen LogP contribution is -2.14. The summed E-state index contributed by atoms with van der Waals surface area (Å²) in [6, 6.07) is 0. The highest BCUT2D eigenvalue weighted by Crippen LogP contribution is 1.85. The predicted octanol–water partition coefficient (Wildman–Crippen LogP) is 0.975.